The molecule has 0 atom stereocenters. The summed E-state index contributed by atoms with van der Waals surface area (Å²) in [4.78, 5) is 22.9. The Bertz CT molecular complexity index is 647. The maximum Gasteiger partial charge on any atom is 0.337 e. The van der Waals surface area contributed by atoms with Crippen molar-refractivity contribution in [3.63, 3.8) is 0 Å². The number of aromatic carboxylic acids is 1. The second-order valence-electron chi connectivity index (χ2n) is 3.78. The number of amides is 1. The number of phenolic OH excluding ortho intramolecular Hbond substituents is 1. The van der Waals surface area contributed by atoms with Crippen LogP contribution in [0, 0.1) is 6.92 Å². The standard InChI is InChI=1S/C12H10N2O5/c1-6-9(5-13-19-6)11(16)14-10-3-2-7(15)4-8(10)12(17)18/h2-5,15H,1H3,(H,14,16)(H,17,18). The van der Waals surface area contributed by atoms with E-state index in [-0.39, 0.29) is 22.6 Å². The van der Waals surface area contributed by atoms with Gasteiger partial charge in [-0.05, 0) is 25.1 Å². The maximum absolute atomic E-state index is 11.9. The number of nitrogens with one attached hydrogen (secondary N) is 1. The first-order valence-electron chi connectivity index (χ1n) is 5.28. The molecule has 7 heteroatoms. The van der Waals surface area contributed by atoms with Crippen LogP contribution in [0.4, 0.5) is 5.69 Å². The third-order valence-corrected chi connectivity index (χ3v) is 2.48. The van der Waals surface area contributed by atoms with E-state index in [9.17, 15) is 14.7 Å². The Morgan fingerprint density at radius 3 is 2.63 bits per heavy atom. The van der Waals surface area contributed by atoms with E-state index in [1.165, 1.54) is 18.3 Å². The Hall–Kier alpha value is -2.83. The SMILES string of the molecule is Cc1oncc1C(=O)Nc1ccc(O)cc1C(=O)O. The molecule has 0 fully saturated rings. The number of aromatic hydroxyl groups is 1. The number of nitrogens with zero attached hydrogens (tertiary/aromatic N) is 1. The zero-order valence-electron chi connectivity index (χ0n) is 9.88. The molecule has 0 aliphatic carbocycles. The highest BCUT2D eigenvalue weighted by Crippen LogP contribution is 2.22. The topological polar surface area (TPSA) is 113 Å². The summed E-state index contributed by atoms with van der Waals surface area (Å²) in [6.45, 7) is 1.57. The van der Waals surface area contributed by atoms with Crippen LogP contribution in [0.3, 0.4) is 0 Å². The fraction of sp³-hybridized carbons (Fsp3) is 0.0833. The van der Waals surface area contributed by atoms with Gasteiger partial charge in [0.25, 0.3) is 5.91 Å². The van der Waals surface area contributed by atoms with Gasteiger partial charge in [-0.15, -0.1) is 0 Å². The molecule has 2 aromatic rings. The number of carbonyl (C=O) groups is 2. The molecule has 0 saturated heterocycles. The molecule has 1 aromatic carbocycles. The number of aryl methyl sites for hydroxylation is 1. The lowest BCUT2D eigenvalue weighted by atomic mass is 10.1. The highest BCUT2D eigenvalue weighted by atomic mass is 16.5. The Balaban J connectivity index is 2.32. The fourth-order valence-corrected chi connectivity index (χ4v) is 1.52. The molecule has 1 aromatic heterocycles. The molecule has 0 saturated carbocycles. The van der Waals surface area contributed by atoms with Crippen molar-refractivity contribution in [2.45, 2.75) is 6.92 Å². The summed E-state index contributed by atoms with van der Waals surface area (Å²) in [7, 11) is 0. The van der Waals surface area contributed by atoms with Crippen LogP contribution in [-0.4, -0.2) is 27.2 Å². The summed E-state index contributed by atoms with van der Waals surface area (Å²) < 4.78 is 4.75. The summed E-state index contributed by atoms with van der Waals surface area (Å²) >= 11 is 0. The van der Waals surface area contributed by atoms with E-state index >= 15 is 0 Å². The molecule has 0 aliphatic heterocycles. The zero-order valence-corrected chi connectivity index (χ0v) is 9.88. The Morgan fingerprint density at radius 1 is 1.32 bits per heavy atom. The smallest absolute Gasteiger partial charge is 0.337 e. The molecule has 1 heterocycles. The van der Waals surface area contributed by atoms with Gasteiger partial charge in [0.1, 0.15) is 17.1 Å². The lowest BCUT2D eigenvalue weighted by molar-refractivity contribution is 0.0697. The van der Waals surface area contributed by atoms with Gasteiger partial charge < -0.3 is 20.1 Å². The van der Waals surface area contributed by atoms with Gasteiger partial charge in [-0.1, -0.05) is 5.16 Å². The third-order valence-electron chi connectivity index (χ3n) is 2.48. The van der Waals surface area contributed by atoms with E-state index in [1.807, 2.05) is 0 Å². The predicted octanol–water partition coefficient (Wildman–Crippen LogP) is 1.64. The molecule has 0 unspecified atom stereocenters. The summed E-state index contributed by atoms with van der Waals surface area (Å²) in [5, 5.41) is 24.1. The molecular weight excluding hydrogens is 252 g/mol. The Kier molecular flexibility index (Phi) is 3.19. The van der Waals surface area contributed by atoms with Crippen LogP contribution in [0.5, 0.6) is 5.75 Å². The predicted molar refractivity (Wildman–Crippen MR) is 64.3 cm³/mol. The quantitative estimate of drug-likeness (QED) is 0.725. The number of hydrogen-bond donors (Lipinski definition) is 3. The first kappa shape index (κ1) is 12.6. The lowest BCUT2D eigenvalue weighted by Crippen LogP contribution is -2.15. The zero-order chi connectivity index (χ0) is 14.0. The largest absolute Gasteiger partial charge is 0.508 e. The number of carboxylic acids is 1. The minimum Gasteiger partial charge on any atom is -0.508 e. The average Bonchev–Trinajstić information content (AvgIpc) is 2.77. The van der Waals surface area contributed by atoms with E-state index in [0.29, 0.717) is 5.76 Å². The van der Waals surface area contributed by atoms with E-state index in [1.54, 1.807) is 6.92 Å². The number of hydrogen-bond acceptors (Lipinski definition) is 5. The number of carboxylic acid groups (broad SMARTS) is 1. The third kappa shape index (κ3) is 2.54. The minimum atomic E-state index is -1.26. The molecule has 0 spiro atoms. The summed E-state index contributed by atoms with van der Waals surface area (Å²) in [5.74, 6) is -1.66. The number of phenols is 1. The second kappa shape index (κ2) is 4.81. The van der Waals surface area contributed by atoms with Crippen molar-refractivity contribution in [2.24, 2.45) is 0 Å². The molecule has 1 amide bonds. The second-order valence-corrected chi connectivity index (χ2v) is 3.78. The van der Waals surface area contributed by atoms with Gasteiger partial charge in [0.15, 0.2) is 0 Å². The highest BCUT2D eigenvalue weighted by molar-refractivity contribution is 6.08. The van der Waals surface area contributed by atoms with Crippen molar-refractivity contribution in [2.75, 3.05) is 5.32 Å². The van der Waals surface area contributed by atoms with Crippen molar-refractivity contribution in [1.29, 1.82) is 0 Å². The van der Waals surface area contributed by atoms with E-state index in [2.05, 4.69) is 10.5 Å². The molecule has 3 N–H and O–H groups in total. The molecule has 2 rings (SSSR count). The number of benzene rings is 1. The van der Waals surface area contributed by atoms with Crippen molar-refractivity contribution in [3.05, 3.63) is 41.3 Å². The van der Waals surface area contributed by atoms with Crippen LogP contribution in [0.15, 0.2) is 28.9 Å². The van der Waals surface area contributed by atoms with Crippen molar-refractivity contribution in [1.82, 2.24) is 5.16 Å². The van der Waals surface area contributed by atoms with Crippen LogP contribution in [-0.2, 0) is 0 Å². The number of anilines is 1. The fourth-order valence-electron chi connectivity index (χ4n) is 1.52. The van der Waals surface area contributed by atoms with Crippen LogP contribution >= 0.6 is 0 Å². The van der Waals surface area contributed by atoms with Crippen molar-refractivity contribution < 1.29 is 24.3 Å². The molecular formula is C12H10N2O5. The van der Waals surface area contributed by atoms with Gasteiger partial charge in [0.05, 0.1) is 17.4 Å². The Labute approximate surface area is 107 Å². The first-order valence-corrected chi connectivity index (χ1v) is 5.28. The molecule has 0 bridgehead atoms. The van der Waals surface area contributed by atoms with Crippen LogP contribution in [0.25, 0.3) is 0 Å². The summed E-state index contributed by atoms with van der Waals surface area (Å²) in [5.41, 5.74) is 0.0859. The monoisotopic (exact) mass is 262 g/mol. The van der Waals surface area contributed by atoms with Crippen molar-refractivity contribution >= 4 is 17.6 Å². The molecule has 7 nitrogen and oxygen atoms in total. The van der Waals surface area contributed by atoms with Gasteiger partial charge in [-0.25, -0.2) is 4.79 Å². The van der Waals surface area contributed by atoms with Gasteiger partial charge in [-0.3, -0.25) is 4.79 Å². The van der Waals surface area contributed by atoms with Crippen LogP contribution < -0.4 is 5.32 Å². The summed E-state index contributed by atoms with van der Waals surface area (Å²) in [6, 6.07) is 3.64. The van der Waals surface area contributed by atoms with Gasteiger partial charge in [0.2, 0.25) is 0 Å². The maximum atomic E-state index is 11.9. The van der Waals surface area contributed by atoms with E-state index in [0.717, 1.165) is 6.07 Å². The molecule has 0 radical (unpaired) electrons. The van der Waals surface area contributed by atoms with Crippen LogP contribution in [0.2, 0.25) is 0 Å². The van der Waals surface area contributed by atoms with Gasteiger partial charge >= 0.3 is 5.97 Å². The normalized spacial score (nSPS) is 10.2. The average molecular weight is 262 g/mol. The lowest BCUT2D eigenvalue weighted by Gasteiger charge is -2.08. The van der Waals surface area contributed by atoms with Crippen LogP contribution in [0.1, 0.15) is 26.5 Å². The molecule has 19 heavy (non-hydrogen) atoms. The van der Waals surface area contributed by atoms with Crippen molar-refractivity contribution in [3.8, 4) is 5.75 Å². The van der Waals surface area contributed by atoms with Gasteiger partial charge in [-0.2, -0.15) is 0 Å². The first-order chi connectivity index (χ1) is 8.99. The number of aromatic nitrogens is 1. The molecule has 98 valence electrons. The van der Waals surface area contributed by atoms with E-state index in [4.69, 9.17) is 9.63 Å². The number of rotatable bonds is 3. The summed E-state index contributed by atoms with van der Waals surface area (Å²) in [6.07, 6.45) is 1.24. The highest BCUT2D eigenvalue weighted by Gasteiger charge is 2.17. The Morgan fingerprint density at radius 2 is 2.05 bits per heavy atom. The van der Waals surface area contributed by atoms with Gasteiger partial charge in [0, 0.05) is 0 Å². The minimum absolute atomic E-state index is 0.0795. The molecule has 0 aliphatic rings. The number of carbonyl (C=O) groups excluding carboxylic acids is 1. The van der Waals surface area contributed by atoms with E-state index < -0.39 is 11.9 Å².